The molecule has 2 aromatic rings. The predicted molar refractivity (Wildman–Crippen MR) is 89.1 cm³/mol. The van der Waals surface area contributed by atoms with Gasteiger partial charge in [0, 0.05) is 19.4 Å². The summed E-state index contributed by atoms with van der Waals surface area (Å²) in [6, 6.07) is 4.05. The first-order chi connectivity index (χ1) is 12.2. The molecule has 0 spiro atoms. The average molecular weight is 385 g/mol. The van der Waals surface area contributed by atoms with Gasteiger partial charge in [0.1, 0.15) is 23.1 Å². The average Bonchev–Trinajstić information content (AvgIpc) is 2.93. The Kier molecular flexibility index (Phi) is 5.89. The first-order valence-electron chi connectivity index (χ1n) is 7.42. The Bertz CT molecular complexity index is 920. The molecule has 8 nitrogen and oxygen atoms in total. The van der Waals surface area contributed by atoms with Crippen LogP contribution in [0.15, 0.2) is 23.4 Å². The molecule has 26 heavy (non-hydrogen) atoms. The molecule has 0 aliphatic rings. The summed E-state index contributed by atoms with van der Waals surface area (Å²) in [5.74, 6) is 0.0567. The molecular weight excluding hydrogens is 368 g/mol. The van der Waals surface area contributed by atoms with Gasteiger partial charge < -0.3 is 10.1 Å². The van der Waals surface area contributed by atoms with Crippen molar-refractivity contribution in [2.75, 3.05) is 25.3 Å². The van der Waals surface area contributed by atoms with Gasteiger partial charge >= 0.3 is 0 Å². The molecule has 1 N–H and O–H groups in total. The van der Waals surface area contributed by atoms with Crippen molar-refractivity contribution in [2.24, 2.45) is 0 Å². The van der Waals surface area contributed by atoms with E-state index in [1.165, 1.54) is 25.4 Å². The van der Waals surface area contributed by atoms with Crippen molar-refractivity contribution < 1.29 is 21.9 Å². The fourth-order valence-corrected chi connectivity index (χ4v) is 2.82. The minimum Gasteiger partial charge on any atom is -0.383 e. The third kappa shape index (κ3) is 4.14. The quantitative estimate of drug-likeness (QED) is 0.775. The summed E-state index contributed by atoms with van der Waals surface area (Å²) >= 11 is 0. The molecule has 0 saturated heterocycles. The molecule has 0 bridgehead atoms. The van der Waals surface area contributed by atoms with Crippen molar-refractivity contribution >= 4 is 15.7 Å². The second kappa shape index (κ2) is 7.76. The van der Waals surface area contributed by atoms with Gasteiger partial charge in [-0.25, -0.2) is 26.9 Å². The van der Waals surface area contributed by atoms with E-state index in [1.54, 1.807) is 13.0 Å². The van der Waals surface area contributed by atoms with E-state index < -0.39 is 22.0 Å². The van der Waals surface area contributed by atoms with Gasteiger partial charge in [0.25, 0.3) is 6.43 Å². The van der Waals surface area contributed by atoms with Crippen molar-refractivity contribution in [3.63, 3.8) is 0 Å². The number of nitriles is 1. The molecule has 0 radical (unpaired) electrons. The summed E-state index contributed by atoms with van der Waals surface area (Å²) in [7, 11) is -2.02. The van der Waals surface area contributed by atoms with Crippen LogP contribution in [0, 0.1) is 11.3 Å². The number of nitrogens with zero attached hydrogens (tertiary/aromatic N) is 4. The van der Waals surface area contributed by atoms with E-state index in [1.807, 2.05) is 0 Å². The Morgan fingerprint density at radius 3 is 2.58 bits per heavy atom. The number of anilines is 1. The largest absolute Gasteiger partial charge is 0.383 e. The lowest BCUT2D eigenvalue weighted by atomic mass is 10.2. The Balaban J connectivity index is 2.58. The zero-order valence-electron chi connectivity index (χ0n) is 14.3. The highest BCUT2D eigenvalue weighted by atomic mass is 32.2. The number of halogens is 2. The lowest BCUT2D eigenvalue weighted by Crippen LogP contribution is -2.23. The van der Waals surface area contributed by atoms with Crippen LogP contribution in [-0.4, -0.2) is 49.2 Å². The number of rotatable bonds is 7. The van der Waals surface area contributed by atoms with Crippen LogP contribution >= 0.6 is 0 Å². The lowest BCUT2D eigenvalue weighted by molar-refractivity contribution is 0.145. The highest BCUT2D eigenvalue weighted by Crippen LogP contribution is 2.30. The van der Waals surface area contributed by atoms with Crippen LogP contribution in [0.4, 0.5) is 14.6 Å². The first-order valence-corrected chi connectivity index (χ1v) is 9.31. The molecule has 0 amide bonds. The van der Waals surface area contributed by atoms with Crippen molar-refractivity contribution in [3.05, 3.63) is 29.6 Å². The maximum absolute atomic E-state index is 13.3. The molecule has 2 aromatic heterocycles. The minimum absolute atomic E-state index is 0.0567. The van der Waals surface area contributed by atoms with Gasteiger partial charge in [-0.3, -0.25) is 0 Å². The summed E-state index contributed by atoms with van der Waals surface area (Å²) in [6.45, 7) is 2.01. The van der Waals surface area contributed by atoms with Gasteiger partial charge in [-0.2, -0.15) is 10.4 Å². The Hall–Kier alpha value is -2.58. The lowest BCUT2D eigenvalue weighted by Gasteiger charge is -2.16. The monoisotopic (exact) mass is 385 g/mol. The molecule has 0 saturated carbocycles. The second-order valence-electron chi connectivity index (χ2n) is 5.56. The minimum atomic E-state index is -3.50. The SMILES string of the molecule is COCC(C)Nc1c(C#N)c(C(F)F)nn1-c1ccc(S(C)(=O)=O)nc1. The fourth-order valence-electron chi connectivity index (χ4n) is 2.26. The molecular formula is C15H17F2N5O3S. The zero-order chi connectivity index (χ0) is 19.5. The summed E-state index contributed by atoms with van der Waals surface area (Å²) in [5.41, 5.74) is -0.741. The number of methoxy groups -OCH3 is 1. The molecule has 2 heterocycles. The van der Waals surface area contributed by atoms with Crippen LogP contribution in [0.2, 0.25) is 0 Å². The summed E-state index contributed by atoms with van der Waals surface area (Å²) in [5, 5.41) is 15.9. The van der Waals surface area contributed by atoms with Gasteiger partial charge in [-0.1, -0.05) is 0 Å². The summed E-state index contributed by atoms with van der Waals surface area (Å²) in [6.07, 6.45) is -0.760. The van der Waals surface area contributed by atoms with Crippen LogP contribution in [0.1, 0.15) is 24.6 Å². The summed E-state index contributed by atoms with van der Waals surface area (Å²) in [4.78, 5) is 3.82. The molecule has 0 fully saturated rings. The van der Waals surface area contributed by atoms with E-state index in [9.17, 15) is 22.5 Å². The van der Waals surface area contributed by atoms with E-state index in [-0.39, 0.29) is 34.7 Å². The summed E-state index contributed by atoms with van der Waals surface area (Å²) < 4.78 is 55.6. The second-order valence-corrected chi connectivity index (χ2v) is 7.52. The Labute approximate surface area is 149 Å². The van der Waals surface area contributed by atoms with E-state index in [4.69, 9.17) is 4.74 Å². The van der Waals surface area contributed by atoms with Crippen molar-refractivity contribution in [1.29, 1.82) is 5.26 Å². The fraction of sp³-hybridized carbons (Fsp3) is 0.400. The number of nitrogens with one attached hydrogen (secondary N) is 1. The molecule has 1 unspecified atom stereocenters. The number of hydrogen-bond donors (Lipinski definition) is 1. The van der Waals surface area contributed by atoms with Gasteiger partial charge in [-0.15, -0.1) is 0 Å². The van der Waals surface area contributed by atoms with E-state index >= 15 is 0 Å². The number of sulfone groups is 1. The van der Waals surface area contributed by atoms with Crippen LogP contribution < -0.4 is 5.32 Å². The molecule has 0 aliphatic carbocycles. The van der Waals surface area contributed by atoms with Gasteiger partial charge in [-0.05, 0) is 19.1 Å². The molecule has 11 heteroatoms. The van der Waals surface area contributed by atoms with E-state index in [0.29, 0.717) is 0 Å². The number of alkyl halides is 2. The van der Waals surface area contributed by atoms with Crippen LogP contribution in [-0.2, 0) is 14.6 Å². The van der Waals surface area contributed by atoms with Crippen molar-refractivity contribution in [3.8, 4) is 11.8 Å². The topological polar surface area (TPSA) is 110 Å². The third-order valence-electron chi connectivity index (χ3n) is 3.38. The van der Waals surface area contributed by atoms with Gasteiger partial charge in [0.05, 0.1) is 18.5 Å². The van der Waals surface area contributed by atoms with Crippen molar-refractivity contribution in [1.82, 2.24) is 14.8 Å². The van der Waals surface area contributed by atoms with Gasteiger partial charge in [0.2, 0.25) is 0 Å². The highest BCUT2D eigenvalue weighted by Gasteiger charge is 2.26. The number of aromatic nitrogens is 3. The molecule has 0 aromatic carbocycles. The number of hydrogen-bond acceptors (Lipinski definition) is 7. The first kappa shape index (κ1) is 19.7. The van der Waals surface area contributed by atoms with Gasteiger partial charge in [0.15, 0.2) is 14.9 Å². The number of pyridine rings is 1. The molecule has 1 atom stereocenters. The predicted octanol–water partition coefficient (Wildman–Crippen LogP) is 1.93. The van der Waals surface area contributed by atoms with Crippen molar-refractivity contribution in [2.45, 2.75) is 24.4 Å². The van der Waals surface area contributed by atoms with Crippen LogP contribution in [0.3, 0.4) is 0 Å². The number of ether oxygens (including phenoxy) is 1. The Morgan fingerprint density at radius 2 is 2.12 bits per heavy atom. The molecule has 0 aliphatic heterocycles. The smallest absolute Gasteiger partial charge is 0.283 e. The molecule has 2 rings (SSSR count). The van der Waals surface area contributed by atoms with Crippen LogP contribution in [0.5, 0.6) is 0 Å². The molecule has 140 valence electrons. The van der Waals surface area contributed by atoms with E-state index in [2.05, 4.69) is 15.4 Å². The normalized spacial score (nSPS) is 12.8. The maximum Gasteiger partial charge on any atom is 0.283 e. The zero-order valence-corrected chi connectivity index (χ0v) is 15.1. The van der Waals surface area contributed by atoms with Crippen LogP contribution in [0.25, 0.3) is 5.69 Å². The standard InChI is InChI=1S/C15H17F2N5O3S/c1-9(8-25-2)20-15-11(6-18)13(14(16)17)21-22(15)10-4-5-12(19-7-10)26(3,23)24/h4-5,7,9,14,20H,8H2,1-3H3. The Morgan fingerprint density at radius 1 is 1.42 bits per heavy atom. The third-order valence-corrected chi connectivity index (χ3v) is 4.38. The highest BCUT2D eigenvalue weighted by molar-refractivity contribution is 7.90. The maximum atomic E-state index is 13.3. The van der Waals surface area contributed by atoms with E-state index in [0.717, 1.165) is 10.9 Å².